The molecule has 0 aromatic rings. The van der Waals surface area contributed by atoms with Crippen molar-refractivity contribution >= 4 is 11.9 Å². The van der Waals surface area contributed by atoms with Crippen LogP contribution in [-0.4, -0.2) is 23.5 Å². The van der Waals surface area contributed by atoms with Crippen LogP contribution in [0.1, 0.15) is 60.3 Å². The first-order chi connectivity index (χ1) is 8.61. The van der Waals surface area contributed by atoms with Gasteiger partial charge >= 0.3 is 5.97 Å². The normalized spacial score (nSPS) is 13.4. The van der Waals surface area contributed by atoms with Crippen LogP contribution in [0, 0.1) is 17.3 Å². The topological polar surface area (TPSA) is 66.4 Å². The molecule has 2 N–H and O–H groups in total. The molecule has 0 bridgehead atoms. The van der Waals surface area contributed by atoms with E-state index in [1.165, 1.54) is 0 Å². The number of aliphatic carboxylic acids is 1. The van der Waals surface area contributed by atoms with Crippen LogP contribution in [0.2, 0.25) is 0 Å². The van der Waals surface area contributed by atoms with Gasteiger partial charge in [-0.15, -0.1) is 0 Å². The summed E-state index contributed by atoms with van der Waals surface area (Å²) in [6, 6.07) is 0. The van der Waals surface area contributed by atoms with E-state index in [4.69, 9.17) is 5.11 Å². The number of carbonyl (C=O) groups is 2. The molecule has 1 atom stereocenters. The highest BCUT2D eigenvalue weighted by Gasteiger charge is 2.19. The zero-order valence-corrected chi connectivity index (χ0v) is 13.0. The summed E-state index contributed by atoms with van der Waals surface area (Å²) in [5.74, 6) is -1.03. The summed E-state index contributed by atoms with van der Waals surface area (Å²) < 4.78 is 0. The summed E-state index contributed by atoms with van der Waals surface area (Å²) in [6.45, 7) is 10.7. The zero-order valence-electron chi connectivity index (χ0n) is 13.0. The lowest BCUT2D eigenvalue weighted by Gasteiger charge is -2.18. The summed E-state index contributed by atoms with van der Waals surface area (Å²) in [5, 5.41) is 11.8. The van der Waals surface area contributed by atoms with Crippen LogP contribution in [-0.2, 0) is 9.59 Å². The van der Waals surface area contributed by atoms with E-state index >= 15 is 0 Å². The minimum Gasteiger partial charge on any atom is -0.481 e. The SMILES string of the molecule is CC(C)CC(CNC(=O)CCCC(C)(C)C)C(=O)O. The van der Waals surface area contributed by atoms with Crippen molar-refractivity contribution in [2.24, 2.45) is 17.3 Å². The van der Waals surface area contributed by atoms with Crippen molar-refractivity contribution < 1.29 is 14.7 Å². The minimum atomic E-state index is -0.830. The van der Waals surface area contributed by atoms with E-state index in [2.05, 4.69) is 26.1 Å². The van der Waals surface area contributed by atoms with E-state index in [1.807, 2.05) is 13.8 Å². The van der Waals surface area contributed by atoms with Gasteiger partial charge in [0, 0.05) is 13.0 Å². The highest BCUT2D eigenvalue weighted by Crippen LogP contribution is 2.21. The van der Waals surface area contributed by atoms with Crippen molar-refractivity contribution in [3.05, 3.63) is 0 Å². The molecule has 0 saturated heterocycles. The van der Waals surface area contributed by atoms with Crippen LogP contribution < -0.4 is 5.32 Å². The van der Waals surface area contributed by atoms with Crippen LogP contribution in [0.25, 0.3) is 0 Å². The van der Waals surface area contributed by atoms with Gasteiger partial charge in [-0.25, -0.2) is 0 Å². The lowest BCUT2D eigenvalue weighted by atomic mass is 9.90. The maximum atomic E-state index is 11.6. The van der Waals surface area contributed by atoms with Crippen molar-refractivity contribution in [1.82, 2.24) is 5.32 Å². The number of carbonyl (C=O) groups excluding carboxylic acids is 1. The molecule has 0 aromatic heterocycles. The van der Waals surface area contributed by atoms with E-state index in [9.17, 15) is 9.59 Å². The molecule has 0 fully saturated rings. The maximum absolute atomic E-state index is 11.6. The van der Waals surface area contributed by atoms with Crippen molar-refractivity contribution in [2.45, 2.75) is 60.3 Å². The van der Waals surface area contributed by atoms with E-state index < -0.39 is 11.9 Å². The van der Waals surface area contributed by atoms with Gasteiger partial charge in [-0.1, -0.05) is 34.6 Å². The largest absolute Gasteiger partial charge is 0.481 e. The number of amides is 1. The molecule has 0 aliphatic heterocycles. The molecule has 1 unspecified atom stereocenters. The Bertz CT molecular complexity index is 292. The molecular formula is C15H29NO3. The highest BCUT2D eigenvalue weighted by molar-refractivity contribution is 5.77. The maximum Gasteiger partial charge on any atom is 0.308 e. The number of hydrogen-bond donors (Lipinski definition) is 2. The first-order valence-electron chi connectivity index (χ1n) is 7.11. The van der Waals surface area contributed by atoms with Gasteiger partial charge in [0.15, 0.2) is 0 Å². The van der Waals surface area contributed by atoms with Gasteiger partial charge in [0.1, 0.15) is 0 Å². The summed E-state index contributed by atoms with van der Waals surface area (Å²) >= 11 is 0. The Morgan fingerprint density at radius 2 is 1.79 bits per heavy atom. The average molecular weight is 271 g/mol. The summed E-state index contributed by atoms with van der Waals surface area (Å²) in [5.41, 5.74) is 0.238. The molecule has 0 spiro atoms. The third-order valence-corrected chi connectivity index (χ3v) is 2.98. The lowest BCUT2D eigenvalue weighted by molar-refractivity contribution is -0.142. The Balaban J connectivity index is 3.95. The number of carboxylic acid groups (broad SMARTS) is 1. The third kappa shape index (κ3) is 10.5. The van der Waals surface area contributed by atoms with Crippen LogP contribution in [0.5, 0.6) is 0 Å². The predicted molar refractivity (Wildman–Crippen MR) is 76.9 cm³/mol. The van der Waals surface area contributed by atoms with Gasteiger partial charge in [0.2, 0.25) is 5.91 Å². The average Bonchev–Trinajstić information content (AvgIpc) is 2.21. The Morgan fingerprint density at radius 1 is 1.21 bits per heavy atom. The van der Waals surface area contributed by atoms with Gasteiger partial charge in [0.25, 0.3) is 0 Å². The second-order valence-electron chi connectivity index (χ2n) is 6.88. The molecule has 0 aliphatic carbocycles. The van der Waals surface area contributed by atoms with E-state index in [0.717, 1.165) is 12.8 Å². The Kier molecular flexibility index (Phi) is 7.72. The molecule has 0 aromatic carbocycles. The summed E-state index contributed by atoms with van der Waals surface area (Å²) in [4.78, 5) is 22.7. The van der Waals surface area contributed by atoms with Crippen molar-refractivity contribution in [3.8, 4) is 0 Å². The minimum absolute atomic E-state index is 0.0424. The molecule has 112 valence electrons. The first kappa shape index (κ1) is 17.9. The molecular weight excluding hydrogens is 242 g/mol. The van der Waals surface area contributed by atoms with Crippen molar-refractivity contribution in [2.75, 3.05) is 6.54 Å². The monoisotopic (exact) mass is 271 g/mol. The number of nitrogens with one attached hydrogen (secondary N) is 1. The number of carboxylic acids is 1. The van der Waals surface area contributed by atoms with Gasteiger partial charge in [-0.3, -0.25) is 9.59 Å². The molecule has 1 amide bonds. The quantitative estimate of drug-likeness (QED) is 0.713. The van der Waals surface area contributed by atoms with E-state index in [0.29, 0.717) is 18.8 Å². The molecule has 0 heterocycles. The fourth-order valence-corrected chi connectivity index (χ4v) is 1.95. The fourth-order valence-electron chi connectivity index (χ4n) is 1.95. The second kappa shape index (κ2) is 8.18. The molecule has 4 heteroatoms. The molecule has 4 nitrogen and oxygen atoms in total. The predicted octanol–water partition coefficient (Wildman–Crippen LogP) is 3.07. The van der Waals surface area contributed by atoms with E-state index in [1.54, 1.807) is 0 Å². The van der Waals surface area contributed by atoms with Crippen LogP contribution >= 0.6 is 0 Å². The number of rotatable bonds is 8. The van der Waals surface area contributed by atoms with Crippen molar-refractivity contribution in [1.29, 1.82) is 0 Å². The Labute approximate surface area is 117 Å². The third-order valence-electron chi connectivity index (χ3n) is 2.98. The zero-order chi connectivity index (χ0) is 15.1. The van der Waals surface area contributed by atoms with Gasteiger partial charge in [-0.05, 0) is 30.6 Å². The molecule has 0 rings (SSSR count). The molecule has 0 aliphatic rings. The van der Waals surface area contributed by atoms with Crippen LogP contribution in [0.3, 0.4) is 0 Å². The molecule has 0 radical (unpaired) electrons. The van der Waals surface area contributed by atoms with Gasteiger partial charge < -0.3 is 10.4 Å². The summed E-state index contributed by atoms with van der Waals surface area (Å²) in [6.07, 6.45) is 2.91. The fraction of sp³-hybridized carbons (Fsp3) is 0.867. The standard InChI is InChI=1S/C15H29NO3/c1-11(2)9-12(14(18)19)10-16-13(17)7-6-8-15(3,4)5/h11-12H,6-10H2,1-5H3,(H,16,17)(H,18,19). The molecule has 0 saturated carbocycles. The van der Waals surface area contributed by atoms with Gasteiger partial charge in [0.05, 0.1) is 5.92 Å². The molecule has 19 heavy (non-hydrogen) atoms. The summed E-state index contributed by atoms with van der Waals surface area (Å²) in [7, 11) is 0. The van der Waals surface area contributed by atoms with Crippen LogP contribution in [0.15, 0.2) is 0 Å². The van der Waals surface area contributed by atoms with Gasteiger partial charge in [-0.2, -0.15) is 0 Å². The Morgan fingerprint density at radius 3 is 2.21 bits per heavy atom. The first-order valence-corrected chi connectivity index (χ1v) is 7.11. The van der Waals surface area contributed by atoms with E-state index in [-0.39, 0.29) is 17.9 Å². The Hall–Kier alpha value is -1.06. The lowest BCUT2D eigenvalue weighted by Crippen LogP contribution is -2.33. The highest BCUT2D eigenvalue weighted by atomic mass is 16.4. The number of hydrogen-bond acceptors (Lipinski definition) is 2. The second-order valence-corrected chi connectivity index (χ2v) is 6.88. The van der Waals surface area contributed by atoms with Crippen molar-refractivity contribution in [3.63, 3.8) is 0 Å². The van der Waals surface area contributed by atoms with Crippen LogP contribution in [0.4, 0.5) is 0 Å². The smallest absolute Gasteiger partial charge is 0.308 e.